The molecule has 0 aliphatic heterocycles. The average Bonchev–Trinajstić information content (AvgIpc) is 3.20. The molecule has 2 N–H and O–H groups in total. The van der Waals surface area contributed by atoms with Crippen LogP contribution in [0.4, 0.5) is 5.69 Å². The third-order valence-corrected chi connectivity index (χ3v) is 4.07. The number of rotatable bonds is 5. The molecule has 0 heterocycles. The quantitative estimate of drug-likeness (QED) is 0.836. The second-order valence-electron chi connectivity index (χ2n) is 5.68. The molecule has 0 spiro atoms. The van der Waals surface area contributed by atoms with Gasteiger partial charge in [0.1, 0.15) is 0 Å². The lowest BCUT2D eigenvalue weighted by atomic mass is 10.0. The highest BCUT2D eigenvalue weighted by atomic mass is 16.4. The molecule has 3 heteroatoms. The Bertz CT molecular complexity index is 463. The first kappa shape index (κ1) is 11.6. The Morgan fingerprint density at radius 3 is 2.39 bits per heavy atom. The van der Waals surface area contributed by atoms with Crippen molar-refractivity contribution in [2.75, 3.05) is 5.32 Å². The van der Waals surface area contributed by atoms with E-state index in [4.69, 9.17) is 5.11 Å². The van der Waals surface area contributed by atoms with E-state index < -0.39 is 5.97 Å². The summed E-state index contributed by atoms with van der Waals surface area (Å²) in [5.41, 5.74) is 2.50. The van der Waals surface area contributed by atoms with Crippen molar-refractivity contribution in [3.63, 3.8) is 0 Å². The summed E-state index contributed by atoms with van der Waals surface area (Å²) in [6.07, 6.45) is 5.30. The maximum Gasteiger partial charge on any atom is 0.335 e. The molecule has 2 aliphatic rings. The van der Waals surface area contributed by atoms with Gasteiger partial charge in [0.05, 0.1) is 5.56 Å². The lowest BCUT2D eigenvalue weighted by Crippen LogP contribution is -2.24. The number of benzene rings is 1. The second kappa shape index (κ2) is 4.30. The number of hydrogen-bond acceptors (Lipinski definition) is 2. The van der Waals surface area contributed by atoms with Crippen molar-refractivity contribution < 1.29 is 9.90 Å². The normalized spacial score (nSPS) is 19.0. The summed E-state index contributed by atoms with van der Waals surface area (Å²) in [6.45, 7) is 2.03. The minimum Gasteiger partial charge on any atom is -0.478 e. The fraction of sp³-hybridized carbons (Fsp3) is 0.533. The van der Waals surface area contributed by atoms with Gasteiger partial charge in [0, 0.05) is 11.7 Å². The molecule has 2 fully saturated rings. The van der Waals surface area contributed by atoms with E-state index in [1.807, 2.05) is 13.0 Å². The molecule has 3 rings (SSSR count). The second-order valence-corrected chi connectivity index (χ2v) is 5.68. The van der Waals surface area contributed by atoms with E-state index >= 15 is 0 Å². The summed E-state index contributed by atoms with van der Waals surface area (Å²) in [7, 11) is 0. The van der Waals surface area contributed by atoms with Crippen LogP contribution in [-0.2, 0) is 0 Å². The predicted octanol–water partition coefficient (Wildman–Crippen LogP) is 3.29. The minimum absolute atomic E-state index is 0.369. The van der Waals surface area contributed by atoms with Crippen molar-refractivity contribution in [3.8, 4) is 0 Å². The van der Waals surface area contributed by atoms with Gasteiger partial charge in [-0.15, -0.1) is 0 Å². The molecule has 1 aromatic carbocycles. The largest absolute Gasteiger partial charge is 0.478 e. The molecule has 2 aliphatic carbocycles. The Hall–Kier alpha value is -1.51. The van der Waals surface area contributed by atoms with Gasteiger partial charge in [-0.05, 0) is 62.1 Å². The number of aromatic carboxylic acids is 1. The average molecular weight is 245 g/mol. The molecule has 0 radical (unpaired) electrons. The van der Waals surface area contributed by atoms with Gasteiger partial charge in [0.2, 0.25) is 0 Å². The molecule has 0 aromatic heterocycles. The molecule has 2 saturated carbocycles. The summed E-state index contributed by atoms with van der Waals surface area (Å²) in [6, 6.07) is 5.90. The number of carboxylic acid groups (broad SMARTS) is 1. The van der Waals surface area contributed by atoms with E-state index in [9.17, 15) is 4.79 Å². The lowest BCUT2D eigenvalue weighted by molar-refractivity contribution is 0.0697. The van der Waals surface area contributed by atoms with Crippen molar-refractivity contribution >= 4 is 11.7 Å². The molecule has 0 amide bonds. The molecule has 18 heavy (non-hydrogen) atoms. The highest BCUT2D eigenvalue weighted by Crippen LogP contribution is 2.46. The highest BCUT2D eigenvalue weighted by molar-refractivity contribution is 5.89. The standard InChI is InChI=1S/C15H19NO2/c1-9-2-3-12(15(17)18)8-13(9)16-14(10-4-5-10)11-6-7-11/h2-3,8,10-11,14,16H,4-7H2,1H3,(H,17,18). The summed E-state index contributed by atoms with van der Waals surface area (Å²) in [5.74, 6) is 0.767. The van der Waals surface area contributed by atoms with Crippen LogP contribution >= 0.6 is 0 Å². The number of aryl methyl sites for hydroxylation is 1. The third kappa shape index (κ3) is 2.35. The van der Waals surface area contributed by atoms with Gasteiger partial charge in [-0.1, -0.05) is 6.07 Å². The van der Waals surface area contributed by atoms with Gasteiger partial charge in [-0.2, -0.15) is 0 Å². The first-order valence-corrected chi connectivity index (χ1v) is 6.75. The Labute approximate surface area is 107 Å². The van der Waals surface area contributed by atoms with Crippen LogP contribution in [0.5, 0.6) is 0 Å². The molecule has 96 valence electrons. The van der Waals surface area contributed by atoms with Crippen molar-refractivity contribution in [2.45, 2.75) is 38.6 Å². The number of anilines is 1. The van der Waals surface area contributed by atoms with Gasteiger partial charge in [0.25, 0.3) is 0 Å². The van der Waals surface area contributed by atoms with E-state index in [0.29, 0.717) is 11.6 Å². The van der Waals surface area contributed by atoms with Gasteiger partial charge in [-0.25, -0.2) is 4.79 Å². The number of nitrogens with one attached hydrogen (secondary N) is 1. The van der Waals surface area contributed by atoms with E-state index in [-0.39, 0.29) is 0 Å². The Balaban J connectivity index is 1.81. The van der Waals surface area contributed by atoms with Crippen LogP contribution in [0.1, 0.15) is 41.6 Å². The first-order chi connectivity index (χ1) is 8.65. The number of hydrogen-bond donors (Lipinski definition) is 2. The molecular weight excluding hydrogens is 226 g/mol. The van der Waals surface area contributed by atoms with E-state index in [1.165, 1.54) is 25.7 Å². The van der Waals surface area contributed by atoms with E-state index in [2.05, 4.69) is 5.32 Å². The number of carbonyl (C=O) groups is 1. The molecule has 1 aromatic rings. The van der Waals surface area contributed by atoms with Crippen LogP contribution in [0, 0.1) is 18.8 Å². The van der Waals surface area contributed by atoms with Crippen molar-refractivity contribution in [1.82, 2.24) is 0 Å². The lowest BCUT2D eigenvalue weighted by Gasteiger charge is -2.20. The summed E-state index contributed by atoms with van der Waals surface area (Å²) < 4.78 is 0. The smallest absolute Gasteiger partial charge is 0.335 e. The van der Waals surface area contributed by atoms with Crippen LogP contribution in [0.15, 0.2) is 18.2 Å². The zero-order chi connectivity index (χ0) is 12.7. The van der Waals surface area contributed by atoms with Crippen molar-refractivity contribution in [2.24, 2.45) is 11.8 Å². The van der Waals surface area contributed by atoms with Crippen LogP contribution in [0.25, 0.3) is 0 Å². The fourth-order valence-electron chi connectivity index (χ4n) is 2.62. The maximum atomic E-state index is 11.0. The molecule has 3 nitrogen and oxygen atoms in total. The SMILES string of the molecule is Cc1ccc(C(=O)O)cc1NC(C1CC1)C1CC1. The molecule has 0 saturated heterocycles. The molecule has 0 bridgehead atoms. The highest BCUT2D eigenvalue weighted by Gasteiger charge is 2.41. The Kier molecular flexibility index (Phi) is 2.77. The number of carboxylic acids is 1. The van der Waals surface area contributed by atoms with Gasteiger partial charge >= 0.3 is 5.97 Å². The van der Waals surface area contributed by atoms with Gasteiger partial charge < -0.3 is 10.4 Å². The van der Waals surface area contributed by atoms with E-state index in [0.717, 1.165) is 23.1 Å². The van der Waals surface area contributed by atoms with Gasteiger partial charge in [0.15, 0.2) is 0 Å². The van der Waals surface area contributed by atoms with Crippen molar-refractivity contribution in [3.05, 3.63) is 29.3 Å². The Morgan fingerprint density at radius 2 is 1.89 bits per heavy atom. The monoisotopic (exact) mass is 245 g/mol. The summed E-state index contributed by atoms with van der Waals surface area (Å²) >= 11 is 0. The molecule has 0 atom stereocenters. The molecule has 0 unspecified atom stereocenters. The summed E-state index contributed by atoms with van der Waals surface area (Å²) in [4.78, 5) is 11.0. The van der Waals surface area contributed by atoms with Crippen molar-refractivity contribution in [1.29, 1.82) is 0 Å². The zero-order valence-electron chi connectivity index (χ0n) is 10.6. The maximum absolute atomic E-state index is 11.0. The van der Waals surface area contributed by atoms with Gasteiger partial charge in [-0.3, -0.25) is 0 Å². The van der Waals surface area contributed by atoms with Crippen LogP contribution in [0.3, 0.4) is 0 Å². The topological polar surface area (TPSA) is 49.3 Å². The van der Waals surface area contributed by atoms with Crippen LogP contribution in [0.2, 0.25) is 0 Å². The zero-order valence-corrected chi connectivity index (χ0v) is 10.6. The van der Waals surface area contributed by atoms with Crippen LogP contribution in [-0.4, -0.2) is 17.1 Å². The third-order valence-electron chi connectivity index (χ3n) is 4.07. The predicted molar refractivity (Wildman–Crippen MR) is 71.0 cm³/mol. The van der Waals surface area contributed by atoms with E-state index in [1.54, 1.807) is 12.1 Å². The first-order valence-electron chi connectivity index (χ1n) is 6.75. The Morgan fingerprint density at radius 1 is 1.28 bits per heavy atom. The fourth-order valence-corrected chi connectivity index (χ4v) is 2.62. The minimum atomic E-state index is -0.854. The molecular formula is C15H19NO2. The van der Waals surface area contributed by atoms with Crippen LogP contribution < -0.4 is 5.32 Å². The summed E-state index contributed by atoms with van der Waals surface area (Å²) in [5, 5.41) is 12.7.